The monoisotopic (exact) mass is 496 g/mol. The second-order valence-corrected chi connectivity index (χ2v) is 8.83. The fraction of sp³-hybridized carbons (Fsp3) is 0.522. The summed E-state index contributed by atoms with van der Waals surface area (Å²) in [6.07, 6.45) is -1.47. The van der Waals surface area contributed by atoms with Crippen molar-refractivity contribution in [1.29, 1.82) is 0 Å². The lowest BCUT2D eigenvalue weighted by Gasteiger charge is -2.37. The SMILES string of the molecule is NC(=O)CN1CCC(CNc2ncnc(N3CCOCC3c3ccc(C(F)(F)F)cc3)c2F)CC1. The summed E-state index contributed by atoms with van der Waals surface area (Å²) in [4.78, 5) is 23.0. The van der Waals surface area contributed by atoms with Crippen molar-refractivity contribution in [3.8, 4) is 0 Å². The number of hydrogen-bond donors (Lipinski definition) is 2. The smallest absolute Gasteiger partial charge is 0.377 e. The number of primary amides is 1. The van der Waals surface area contributed by atoms with Crippen LogP contribution in [0.5, 0.6) is 0 Å². The molecule has 3 heterocycles. The van der Waals surface area contributed by atoms with E-state index in [1.807, 2.05) is 4.90 Å². The Bertz CT molecular complexity index is 1010. The molecule has 8 nitrogen and oxygen atoms in total. The summed E-state index contributed by atoms with van der Waals surface area (Å²) < 4.78 is 59.8. The minimum absolute atomic E-state index is 0.0759. The number of benzene rings is 1. The predicted octanol–water partition coefficient (Wildman–Crippen LogP) is 2.82. The fourth-order valence-corrected chi connectivity index (χ4v) is 4.52. The average molecular weight is 497 g/mol. The molecule has 1 atom stereocenters. The molecule has 0 radical (unpaired) electrons. The van der Waals surface area contributed by atoms with Gasteiger partial charge < -0.3 is 20.7 Å². The van der Waals surface area contributed by atoms with Gasteiger partial charge in [0.05, 0.1) is 31.4 Å². The van der Waals surface area contributed by atoms with Gasteiger partial charge in [-0.2, -0.15) is 17.6 Å². The third-order valence-corrected chi connectivity index (χ3v) is 6.44. The van der Waals surface area contributed by atoms with E-state index in [1.54, 1.807) is 4.90 Å². The predicted molar refractivity (Wildman–Crippen MR) is 121 cm³/mol. The van der Waals surface area contributed by atoms with Gasteiger partial charge in [-0.05, 0) is 49.5 Å². The Kier molecular flexibility index (Phi) is 7.70. The minimum Gasteiger partial charge on any atom is -0.377 e. The number of piperidine rings is 1. The van der Waals surface area contributed by atoms with Crippen molar-refractivity contribution in [3.05, 3.63) is 47.5 Å². The lowest BCUT2D eigenvalue weighted by Crippen LogP contribution is -2.41. The van der Waals surface area contributed by atoms with Gasteiger partial charge in [0, 0.05) is 13.1 Å². The normalized spacial score (nSPS) is 20.1. The Morgan fingerprint density at radius 2 is 1.86 bits per heavy atom. The first-order chi connectivity index (χ1) is 16.7. The fourth-order valence-electron chi connectivity index (χ4n) is 4.52. The topological polar surface area (TPSA) is 96.6 Å². The molecule has 2 aliphatic heterocycles. The number of rotatable bonds is 7. The number of aromatic nitrogens is 2. The summed E-state index contributed by atoms with van der Waals surface area (Å²) in [5.74, 6) is -0.522. The van der Waals surface area contributed by atoms with Gasteiger partial charge in [-0.15, -0.1) is 0 Å². The molecule has 190 valence electrons. The Labute approximate surface area is 200 Å². The number of likely N-dealkylation sites (tertiary alicyclic amines) is 1. The molecule has 0 bridgehead atoms. The van der Waals surface area contributed by atoms with Crippen molar-refractivity contribution in [2.24, 2.45) is 11.7 Å². The number of amides is 1. The van der Waals surface area contributed by atoms with Crippen molar-refractivity contribution in [3.63, 3.8) is 0 Å². The van der Waals surface area contributed by atoms with Crippen LogP contribution in [0.3, 0.4) is 0 Å². The summed E-state index contributed by atoms with van der Waals surface area (Å²) in [6, 6.07) is 4.31. The first kappa shape index (κ1) is 25.1. The molecule has 1 unspecified atom stereocenters. The molecular weight excluding hydrogens is 468 g/mol. The molecule has 12 heteroatoms. The first-order valence-electron chi connectivity index (χ1n) is 11.5. The Hall–Kier alpha value is -2.99. The number of carbonyl (C=O) groups excluding carboxylic acids is 1. The number of nitrogens with one attached hydrogen (secondary N) is 1. The standard InChI is InChI=1S/C23H28F4N6O2/c24-20-21(29-11-15-5-7-32(8-6-15)12-19(28)34)30-14-31-22(20)33-9-10-35-13-18(33)16-1-3-17(4-2-16)23(25,26)27/h1-4,14-15,18H,5-13H2,(H2,28,34)(H,29,30,31). The van der Waals surface area contributed by atoms with E-state index in [4.69, 9.17) is 10.5 Å². The van der Waals surface area contributed by atoms with Crippen LogP contribution < -0.4 is 16.0 Å². The molecule has 35 heavy (non-hydrogen) atoms. The molecule has 0 aliphatic carbocycles. The maximum Gasteiger partial charge on any atom is 0.416 e. The number of carbonyl (C=O) groups is 1. The zero-order valence-electron chi connectivity index (χ0n) is 19.1. The van der Waals surface area contributed by atoms with Crippen LogP contribution in [0.15, 0.2) is 30.6 Å². The molecular formula is C23H28F4N6O2. The van der Waals surface area contributed by atoms with Crippen molar-refractivity contribution >= 4 is 17.5 Å². The summed E-state index contributed by atoms with van der Waals surface area (Å²) in [7, 11) is 0. The molecule has 2 aromatic rings. The van der Waals surface area contributed by atoms with Crippen LogP contribution in [0.2, 0.25) is 0 Å². The van der Waals surface area contributed by atoms with E-state index >= 15 is 4.39 Å². The Morgan fingerprint density at radius 1 is 1.14 bits per heavy atom. The number of nitrogens with two attached hydrogens (primary N) is 1. The van der Waals surface area contributed by atoms with Gasteiger partial charge in [-0.3, -0.25) is 9.69 Å². The molecule has 0 spiro atoms. The van der Waals surface area contributed by atoms with Gasteiger partial charge in [-0.25, -0.2) is 9.97 Å². The molecule has 0 saturated carbocycles. The van der Waals surface area contributed by atoms with E-state index in [2.05, 4.69) is 15.3 Å². The number of halogens is 4. The van der Waals surface area contributed by atoms with E-state index in [-0.39, 0.29) is 30.7 Å². The zero-order valence-corrected chi connectivity index (χ0v) is 19.1. The highest BCUT2D eigenvalue weighted by Crippen LogP contribution is 2.34. The van der Waals surface area contributed by atoms with Crippen LogP contribution in [-0.2, 0) is 15.7 Å². The number of anilines is 2. The summed E-state index contributed by atoms with van der Waals surface area (Å²) in [6.45, 7) is 3.11. The number of morpholine rings is 1. The highest BCUT2D eigenvalue weighted by atomic mass is 19.4. The van der Waals surface area contributed by atoms with Crippen molar-refractivity contribution in [1.82, 2.24) is 14.9 Å². The van der Waals surface area contributed by atoms with Crippen LogP contribution in [0.4, 0.5) is 29.2 Å². The Morgan fingerprint density at radius 3 is 2.51 bits per heavy atom. The van der Waals surface area contributed by atoms with Crippen molar-refractivity contribution in [2.75, 3.05) is 56.2 Å². The quantitative estimate of drug-likeness (QED) is 0.569. The minimum atomic E-state index is -4.43. The molecule has 1 amide bonds. The number of alkyl halides is 3. The maximum atomic E-state index is 15.4. The van der Waals surface area contributed by atoms with Crippen LogP contribution in [0.1, 0.15) is 30.0 Å². The molecule has 1 aromatic heterocycles. The number of hydrogen-bond acceptors (Lipinski definition) is 7. The highest BCUT2D eigenvalue weighted by molar-refractivity contribution is 5.75. The first-order valence-corrected chi connectivity index (χ1v) is 11.5. The van der Waals surface area contributed by atoms with Crippen LogP contribution in [0.25, 0.3) is 0 Å². The van der Waals surface area contributed by atoms with Crippen molar-refractivity contribution < 1.29 is 27.1 Å². The summed E-state index contributed by atoms with van der Waals surface area (Å²) in [5, 5.41) is 3.08. The van der Waals surface area contributed by atoms with Crippen LogP contribution in [-0.4, -0.2) is 66.7 Å². The molecule has 3 N–H and O–H groups in total. The van der Waals surface area contributed by atoms with Crippen LogP contribution >= 0.6 is 0 Å². The Balaban J connectivity index is 1.44. The highest BCUT2D eigenvalue weighted by Gasteiger charge is 2.32. The molecule has 2 saturated heterocycles. The van der Waals surface area contributed by atoms with E-state index in [9.17, 15) is 18.0 Å². The van der Waals surface area contributed by atoms with Gasteiger partial charge >= 0.3 is 6.18 Å². The van der Waals surface area contributed by atoms with Gasteiger partial charge in [0.2, 0.25) is 11.7 Å². The molecule has 4 rings (SSSR count). The summed E-state index contributed by atoms with van der Waals surface area (Å²) in [5.41, 5.74) is 5.08. The summed E-state index contributed by atoms with van der Waals surface area (Å²) >= 11 is 0. The van der Waals surface area contributed by atoms with E-state index in [0.717, 1.165) is 38.1 Å². The number of ether oxygens (including phenoxy) is 1. The molecule has 2 fully saturated rings. The molecule has 2 aliphatic rings. The van der Waals surface area contributed by atoms with Gasteiger partial charge in [0.25, 0.3) is 0 Å². The second-order valence-electron chi connectivity index (χ2n) is 8.83. The molecule has 1 aromatic carbocycles. The zero-order chi connectivity index (χ0) is 25.0. The average Bonchev–Trinajstić information content (AvgIpc) is 2.84. The van der Waals surface area contributed by atoms with Gasteiger partial charge in [-0.1, -0.05) is 12.1 Å². The lowest BCUT2D eigenvalue weighted by atomic mass is 9.97. The van der Waals surface area contributed by atoms with Crippen molar-refractivity contribution in [2.45, 2.75) is 25.1 Å². The van der Waals surface area contributed by atoms with Crippen LogP contribution in [0, 0.1) is 11.7 Å². The number of nitrogens with zero attached hydrogens (tertiary/aromatic N) is 4. The van der Waals surface area contributed by atoms with Gasteiger partial charge in [0.15, 0.2) is 11.6 Å². The van der Waals surface area contributed by atoms with Gasteiger partial charge in [0.1, 0.15) is 6.33 Å². The maximum absolute atomic E-state index is 15.4. The third-order valence-electron chi connectivity index (χ3n) is 6.44. The lowest BCUT2D eigenvalue weighted by molar-refractivity contribution is -0.137. The van der Waals surface area contributed by atoms with E-state index in [1.165, 1.54) is 18.5 Å². The van der Waals surface area contributed by atoms with E-state index < -0.39 is 23.6 Å². The van der Waals surface area contributed by atoms with E-state index in [0.29, 0.717) is 31.2 Å². The largest absolute Gasteiger partial charge is 0.416 e. The second kappa shape index (κ2) is 10.7. The third kappa shape index (κ3) is 6.17.